The Morgan fingerprint density at radius 2 is 1.42 bits per heavy atom. The van der Waals surface area contributed by atoms with Crippen LogP contribution in [0.3, 0.4) is 0 Å². The zero-order valence-electron chi connectivity index (χ0n) is 13.3. The fourth-order valence-electron chi connectivity index (χ4n) is 3.04. The second kappa shape index (κ2) is 6.15. The molecule has 1 fully saturated rings. The van der Waals surface area contributed by atoms with E-state index in [1.165, 1.54) is 48.5 Å². The molecule has 1 aliphatic heterocycles. The van der Waals surface area contributed by atoms with Crippen molar-refractivity contribution in [3.8, 4) is 0 Å². The molecule has 0 spiro atoms. The summed E-state index contributed by atoms with van der Waals surface area (Å²) in [5.74, 6) is -1.11. The molecule has 2 aromatic rings. The number of amides is 1. The maximum atomic E-state index is 13.0. The molecule has 3 rings (SSSR count). The van der Waals surface area contributed by atoms with Crippen molar-refractivity contribution < 1.29 is 18.4 Å². The fourth-order valence-corrected chi connectivity index (χ4v) is 3.04. The molecule has 0 aliphatic carbocycles. The molecule has 24 heavy (non-hydrogen) atoms. The zero-order valence-corrected chi connectivity index (χ0v) is 13.3. The molecule has 1 heterocycles. The number of Topliss-reactive ketones (excluding diaryl/α,β-unsaturated/α-hetero) is 1. The minimum atomic E-state index is -0.701. The Kier molecular flexibility index (Phi) is 4.18. The van der Waals surface area contributed by atoms with E-state index in [-0.39, 0.29) is 11.7 Å². The van der Waals surface area contributed by atoms with E-state index in [0.29, 0.717) is 30.6 Å². The average molecular weight is 329 g/mol. The third kappa shape index (κ3) is 3.07. The van der Waals surface area contributed by atoms with Crippen molar-refractivity contribution in [2.75, 3.05) is 13.1 Å². The van der Waals surface area contributed by atoms with E-state index in [2.05, 4.69) is 0 Å². The molecule has 0 saturated carbocycles. The van der Waals surface area contributed by atoms with Crippen LogP contribution >= 0.6 is 0 Å². The first-order valence-electron chi connectivity index (χ1n) is 7.74. The van der Waals surface area contributed by atoms with E-state index in [4.69, 9.17) is 0 Å². The average Bonchev–Trinajstić information content (AvgIpc) is 2.99. The van der Waals surface area contributed by atoms with Crippen molar-refractivity contribution in [3.63, 3.8) is 0 Å². The molecule has 0 radical (unpaired) electrons. The number of benzene rings is 2. The summed E-state index contributed by atoms with van der Waals surface area (Å²) in [6, 6.07) is 10.8. The van der Waals surface area contributed by atoms with Crippen LogP contribution in [0.2, 0.25) is 0 Å². The van der Waals surface area contributed by atoms with Crippen LogP contribution in [0, 0.1) is 17.0 Å². The van der Waals surface area contributed by atoms with Crippen LogP contribution in [0.4, 0.5) is 8.78 Å². The van der Waals surface area contributed by atoms with Gasteiger partial charge in [0.05, 0.1) is 5.41 Å². The Morgan fingerprint density at radius 1 is 0.917 bits per heavy atom. The van der Waals surface area contributed by atoms with E-state index in [1.54, 1.807) is 4.90 Å². The monoisotopic (exact) mass is 329 g/mol. The van der Waals surface area contributed by atoms with Crippen molar-refractivity contribution in [1.29, 1.82) is 0 Å². The molecule has 5 heteroatoms. The first kappa shape index (κ1) is 16.3. The first-order chi connectivity index (χ1) is 11.4. The maximum Gasteiger partial charge on any atom is 0.253 e. The summed E-state index contributed by atoms with van der Waals surface area (Å²) < 4.78 is 26.0. The third-order valence-electron chi connectivity index (χ3n) is 4.51. The van der Waals surface area contributed by atoms with E-state index in [0.717, 1.165) is 0 Å². The number of hydrogen-bond acceptors (Lipinski definition) is 2. The summed E-state index contributed by atoms with van der Waals surface area (Å²) in [5, 5.41) is 0. The maximum absolute atomic E-state index is 13.0. The molecule has 0 unspecified atom stereocenters. The van der Waals surface area contributed by atoms with Gasteiger partial charge in [-0.15, -0.1) is 0 Å². The Hall–Kier alpha value is -2.56. The van der Waals surface area contributed by atoms with E-state index in [9.17, 15) is 18.4 Å². The van der Waals surface area contributed by atoms with Gasteiger partial charge in [-0.3, -0.25) is 9.59 Å². The topological polar surface area (TPSA) is 37.4 Å². The van der Waals surface area contributed by atoms with Gasteiger partial charge in [0.1, 0.15) is 11.6 Å². The third-order valence-corrected chi connectivity index (χ3v) is 4.51. The lowest BCUT2D eigenvalue weighted by Gasteiger charge is -2.23. The number of hydrogen-bond donors (Lipinski definition) is 0. The molecule has 124 valence electrons. The summed E-state index contributed by atoms with van der Waals surface area (Å²) in [7, 11) is 0. The highest BCUT2D eigenvalue weighted by Gasteiger charge is 2.42. The van der Waals surface area contributed by atoms with Crippen LogP contribution in [0.1, 0.15) is 34.1 Å². The highest BCUT2D eigenvalue weighted by atomic mass is 19.1. The van der Waals surface area contributed by atoms with Gasteiger partial charge in [-0.1, -0.05) is 6.92 Å². The highest BCUT2D eigenvalue weighted by Crippen LogP contribution is 2.34. The Balaban J connectivity index is 1.75. The molecule has 1 amide bonds. The second-order valence-electron chi connectivity index (χ2n) is 6.38. The Labute approximate surface area is 138 Å². The highest BCUT2D eigenvalue weighted by molar-refractivity contribution is 6.02. The fraction of sp³-hybridized carbons (Fsp3) is 0.263. The molecule has 0 N–H and O–H groups in total. The van der Waals surface area contributed by atoms with E-state index in [1.807, 2.05) is 6.92 Å². The van der Waals surface area contributed by atoms with Gasteiger partial charge in [0.2, 0.25) is 0 Å². The van der Waals surface area contributed by atoms with Crippen LogP contribution in [0.25, 0.3) is 0 Å². The molecule has 1 aliphatic rings. The number of likely N-dealkylation sites (tertiary alicyclic amines) is 1. The molecule has 2 aromatic carbocycles. The minimum Gasteiger partial charge on any atom is -0.338 e. The standard InChI is InChI=1S/C19H17F2NO2/c1-19(17(23)13-2-6-15(20)7-3-13)10-11-22(12-19)18(24)14-4-8-16(21)9-5-14/h2-9H,10-12H2,1H3/t19-/m0/s1. The normalized spacial score (nSPS) is 20.2. The van der Waals surface area contributed by atoms with Crippen LogP contribution in [-0.2, 0) is 0 Å². The number of carbonyl (C=O) groups excluding carboxylic acids is 2. The molecular formula is C19H17F2NO2. The van der Waals surface area contributed by atoms with Gasteiger partial charge in [0.15, 0.2) is 5.78 Å². The molecule has 1 saturated heterocycles. The van der Waals surface area contributed by atoms with Crippen LogP contribution in [0.15, 0.2) is 48.5 Å². The minimum absolute atomic E-state index is 0.100. The van der Waals surface area contributed by atoms with Crippen molar-refractivity contribution in [2.24, 2.45) is 5.41 Å². The van der Waals surface area contributed by atoms with Gasteiger partial charge >= 0.3 is 0 Å². The van der Waals surface area contributed by atoms with Gasteiger partial charge in [0.25, 0.3) is 5.91 Å². The Morgan fingerprint density at radius 3 is 1.96 bits per heavy atom. The Bertz CT molecular complexity index is 771. The lowest BCUT2D eigenvalue weighted by Crippen LogP contribution is -2.35. The SMILES string of the molecule is C[C@]1(C(=O)c2ccc(F)cc2)CCN(C(=O)c2ccc(F)cc2)C1. The quantitative estimate of drug-likeness (QED) is 0.805. The molecule has 1 atom stereocenters. The first-order valence-corrected chi connectivity index (χ1v) is 7.74. The number of ketones is 1. The van der Waals surface area contributed by atoms with E-state index < -0.39 is 17.0 Å². The second-order valence-corrected chi connectivity index (χ2v) is 6.38. The van der Waals surface area contributed by atoms with Crippen molar-refractivity contribution in [2.45, 2.75) is 13.3 Å². The van der Waals surface area contributed by atoms with Gasteiger partial charge < -0.3 is 4.90 Å². The van der Waals surface area contributed by atoms with Gasteiger partial charge in [-0.05, 0) is 55.0 Å². The number of halogens is 2. The summed E-state index contributed by atoms with van der Waals surface area (Å²) in [4.78, 5) is 26.8. The van der Waals surface area contributed by atoms with Crippen LogP contribution < -0.4 is 0 Å². The van der Waals surface area contributed by atoms with Gasteiger partial charge in [-0.2, -0.15) is 0 Å². The summed E-state index contributed by atoms with van der Waals surface area (Å²) in [6.07, 6.45) is 0.538. The number of nitrogens with zero attached hydrogens (tertiary/aromatic N) is 1. The predicted molar refractivity (Wildman–Crippen MR) is 85.8 cm³/mol. The molecule has 0 bridgehead atoms. The summed E-state index contributed by atoms with van der Waals surface area (Å²) >= 11 is 0. The van der Waals surface area contributed by atoms with Gasteiger partial charge in [-0.25, -0.2) is 8.78 Å². The van der Waals surface area contributed by atoms with Crippen LogP contribution in [0.5, 0.6) is 0 Å². The van der Waals surface area contributed by atoms with Crippen molar-refractivity contribution >= 4 is 11.7 Å². The zero-order chi connectivity index (χ0) is 17.3. The van der Waals surface area contributed by atoms with Crippen molar-refractivity contribution in [1.82, 2.24) is 4.90 Å². The largest absolute Gasteiger partial charge is 0.338 e. The molecular weight excluding hydrogens is 312 g/mol. The number of carbonyl (C=O) groups is 2. The molecule has 3 nitrogen and oxygen atoms in total. The number of rotatable bonds is 3. The predicted octanol–water partition coefficient (Wildman–Crippen LogP) is 3.70. The van der Waals surface area contributed by atoms with Crippen molar-refractivity contribution in [3.05, 3.63) is 71.3 Å². The summed E-state index contributed by atoms with van der Waals surface area (Å²) in [5.41, 5.74) is 0.137. The smallest absolute Gasteiger partial charge is 0.253 e. The lowest BCUT2D eigenvalue weighted by molar-refractivity contribution is 0.0743. The molecule has 0 aromatic heterocycles. The van der Waals surface area contributed by atoms with Gasteiger partial charge in [0, 0.05) is 24.2 Å². The van der Waals surface area contributed by atoms with Crippen LogP contribution in [-0.4, -0.2) is 29.7 Å². The lowest BCUT2D eigenvalue weighted by atomic mass is 9.81. The van der Waals surface area contributed by atoms with E-state index >= 15 is 0 Å². The summed E-state index contributed by atoms with van der Waals surface area (Å²) in [6.45, 7) is 2.57.